The van der Waals surface area contributed by atoms with Crippen molar-refractivity contribution in [3.8, 4) is 5.75 Å². The predicted octanol–water partition coefficient (Wildman–Crippen LogP) is 4.65. The zero-order valence-corrected chi connectivity index (χ0v) is 17.4. The lowest BCUT2D eigenvalue weighted by molar-refractivity contribution is 0.0652. The van der Waals surface area contributed by atoms with Gasteiger partial charge >= 0.3 is 0 Å². The van der Waals surface area contributed by atoms with E-state index in [0.717, 1.165) is 43.4 Å². The van der Waals surface area contributed by atoms with Crippen LogP contribution in [0.3, 0.4) is 0 Å². The molecular formula is C22H25N3O3S. The molecule has 6 nitrogen and oxygen atoms in total. The number of benzene rings is 1. The molecule has 1 aliphatic rings. The molecule has 1 amide bonds. The Bertz CT molecular complexity index is 932. The van der Waals surface area contributed by atoms with Gasteiger partial charge < -0.3 is 9.64 Å². The van der Waals surface area contributed by atoms with Gasteiger partial charge in [0.1, 0.15) is 11.4 Å². The molecule has 1 saturated carbocycles. The molecule has 0 spiro atoms. The third-order valence-corrected chi connectivity index (χ3v) is 6.27. The van der Waals surface area contributed by atoms with Gasteiger partial charge in [-0.15, -0.1) is 11.3 Å². The molecule has 2 heterocycles. The molecule has 7 heteroatoms. The first-order chi connectivity index (χ1) is 14.2. The lowest BCUT2D eigenvalue weighted by Crippen LogP contribution is -2.38. The number of aryl methyl sites for hydroxylation is 1. The molecule has 0 bridgehead atoms. The number of hydrogen-bond acceptors (Lipinski definition) is 6. The highest BCUT2D eigenvalue weighted by atomic mass is 32.1. The molecule has 0 atom stereocenters. The Morgan fingerprint density at radius 3 is 2.83 bits per heavy atom. The van der Waals surface area contributed by atoms with Crippen molar-refractivity contribution in [3.63, 3.8) is 0 Å². The van der Waals surface area contributed by atoms with E-state index in [4.69, 9.17) is 9.37 Å². The average molecular weight is 412 g/mol. The maximum Gasteiger partial charge on any atom is 0.278 e. The second kappa shape index (κ2) is 9.22. The van der Waals surface area contributed by atoms with Crippen molar-refractivity contribution in [3.05, 3.63) is 63.6 Å². The summed E-state index contributed by atoms with van der Waals surface area (Å²) in [6, 6.07) is 12.4. The highest BCUT2D eigenvalue weighted by Crippen LogP contribution is 2.27. The fourth-order valence-electron chi connectivity index (χ4n) is 3.80. The quantitative estimate of drug-likeness (QED) is 0.540. The maximum atomic E-state index is 13.1. The van der Waals surface area contributed by atoms with Crippen LogP contribution in [0, 0.1) is 6.92 Å². The van der Waals surface area contributed by atoms with Crippen molar-refractivity contribution >= 4 is 17.2 Å². The Labute approximate surface area is 174 Å². The number of hydrogen-bond donors (Lipinski definition) is 0. The number of ether oxygens (including phenoxy) is 1. The van der Waals surface area contributed by atoms with Crippen LogP contribution in [0.15, 0.2) is 46.4 Å². The first kappa shape index (κ1) is 19.6. The van der Waals surface area contributed by atoms with Crippen molar-refractivity contribution in [2.45, 2.75) is 51.6 Å². The molecule has 0 saturated heterocycles. The van der Waals surface area contributed by atoms with E-state index in [1.54, 1.807) is 18.3 Å². The minimum atomic E-state index is -0.111. The van der Waals surface area contributed by atoms with Crippen LogP contribution in [0.5, 0.6) is 5.75 Å². The van der Waals surface area contributed by atoms with Crippen LogP contribution in [0.2, 0.25) is 0 Å². The van der Waals surface area contributed by atoms with Gasteiger partial charge in [0.2, 0.25) is 0 Å². The SMILES string of the molecule is Cc1nonc1C(=O)N(Cc1cccc(OCCc2cccs2)c1)C1CCCC1. The highest BCUT2D eigenvalue weighted by molar-refractivity contribution is 7.09. The molecular weight excluding hydrogens is 386 g/mol. The molecule has 0 radical (unpaired) electrons. The predicted molar refractivity (Wildman–Crippen MR) is 111 cm³/mol. The van der Waals surface area contributed by atoms with Crippen molar-refractivity contribution in [2.75, 3.05) is 6.61 Å². The van der Waals surface area contributed by atoms with Crippen LogP contribution >= 0.6 is 11.3 Å². The van der Waals surface area contributed by atoms with Gasteiger partial charge in [0.05, 0.1) is 6.61 Å². The number of aromatic nitrogens is 2. The smallest absolute Gasteiger partial charge is 0.278 e. The van der Waals surface area contributed by atoms with E-state index in [2.05, 4.69) is 27.8 Å². The van der Waals surface area contributed by atoms with E-state index < -0.39 is 0 Å². The summed E-state index contributed by atoms with van der Waals surface area (Å²) in [5.41, 5.74) is 1.89. The van der Waals surface area contributed by atoms with Crippen molar-refractivity contribution in [1.29, 1.82) is 0 Å². The minimum absolute atomic E-state index is 0.111. The Kier molecular flexibility index (Phi) is 6.24. The number of nitrogens with zero attached hydrogens (tertiary/aromatic N) is 3. The lowest BCUT2D eigenvalue weighted by atomic mass is 10.1. The molecule has 29 heavy (non-hydrogen) atoms. The number of thiophene rings is 1. The second-order valence-corrected chi connectivity index (χ2v) is 8.43. The van der Waals surface area contributed by atoms with Crippen molar-refractivity contribution in [1.82, 2.24) is 15.2 Å². The summed E-state index contributed by atoms with van der Waals surface area (Å²) in [5, 5.41) is 9.68. The zero-order chi connectivity index (χ0) is 20.1. The maximum absolute atomic E-state index is 13.1. The van der Waals surface area contributed by atoms with Crippen LogP contribution in [-0.4, -0.2) is 33.8 Å². The van der Waals surface area contributed by atoms with Gasteiger partial charge in [-0.2, -0.15) is 0 Å². The topological polar surface area (TPSA) is 68.5 Å². The zero-order valence-electron chi connectivity index (χ0n) is 16.5. The monoisotopic (exact) mass is 411 g/mol. The summed E-state index contributed by atoms with van der Waals surface area (Å²) in [4.78, 5) is 16.4. The lowest BCUT2D eigenvalue weighted by Gasteiger charge is -2.28. The van der Waals surface area contributed by atoms with Gasteiger partial charge in [-0.1, -0.05) is 36.2 Å². The third kappa shape index (κ3) is 4.85. The molecule has 1 fully saturated rings. The number of amides is 1. The Hall–Kier alpha value is -2.67. The summed E-state index contributed by atoms with van der Waals surface area (Å²) in [6.45, 7) is 2.91. The van der Waals surface area contributed by atoms with E-state index >= 15 is 0 Å². The van der Waals surface area contributed by atoms with E-state index in [-0.39, 0.29) is 11.9 Å². The summed E-state index contributed by atoms with van der Waals surface area (Å²) in [7, 11) is 0. The molecule has 0 N–H and O–H groups in total. The molecule has 1 aliphatic carbocycles. The van der Waals surface area contributed by atoms with E-state index in [9.17, 15) is 4.79 Å². The molecule has 152 valence electrons. The molecule has 0 unspecified atom stereocenters. The van der Waals surface area contributed by atoms with Gasteiger partial charge in [0.25, 0.3) is 5.91 Å². The summed E-state index contributed by atoms with van der Waals surface area (Å²) >= 11 is 1.74. The summed E-state index contributed by atoms with van der Waals surface area (Å²) < 4.78 is 10.7. The standard InChI is InChI=1S/C22H25N3O3S/c1-16-21(24-28-23-16)22(26)25(18-7-2-3-8-18)15-17-6-4-9-19(14-17)27-12-11-20-10-5-13-29-20/h4-6,9-10,13-14,18H,2-3,7-8,11-12,15H2,1H3. The van der Waals surface area contributed by atoms with Gasteiger partial charge in [-0.3, -0.25) is 4.79 Å². The van der Waals surface area contributed by atoms with Crippen LogP contribution in [0.25, 0.3) is 0 Å². The largest absolute Gasteiger partial charge is 0.493 e. The summed E-state index contributed by atoms with van der Waals surface area (Å²) in [6.07, 6.45) is 5.24. The van der Waals surface area contributed by atoms with E-state index in [1.165, 1.54) is 4.88 Å². The van der Waals surface area contributed by atoms with Gasteiger partial charge in [-0.05, 0) is 54.1 Å². The molecule has 2 aromatic heterocycles. The van der Waals surface area contributed by atoms with Crippen LogP contribution in [0.1, 0.15) is 52.3 Å². The normalized spacial score (nSPS) is 14.2. The van der Waals surface area contributed by atoms with Crippen molar-refractivity contribution in [2.24, 2.45) is 0 Å². The fraction of sp³-hybridized carbons (Fsp3) is 0.409. The number of rotatable bonds is 8. The van der Waals surface area contributed by atoms with Gasteiger partial charge in [-0.25, -0.2) is 4.63 Å². The second-order valence-electron chi connectivity index (χ2n) is 7.39. The summed E-state index contributed by atoms with van der Waals surface area (Å²) in [5.74, 6) is 0.719. The Balaban J connectivity index is 1.45. The van der Waals surface area contributed by atoms with E-state index in [1.807, 2.05) is 29.2 Å². The van der Waals surface area contributed by atoms with Crippen LogP contribution in [0.4, 0.5) is 0 Å². The Morgan fingerprint density at radius 1 is 1.24 bits per heavy atom. The van der Waals surface area contributed by atoms with Crippen molar-refractivity contribution < 1.29 is 14.2 Å². The number of carbonyl (C=O) groups is 1. The molecule has 1 aromatic carbocycles. The first-order valence-electron chi connectivity index (χ1n) is 10.0. The van der Waals surface area contributed by atoms with Gasteiger partial charge in [0.15, 0.2) is 5.69 Å². The van der Waals surface area contributed by atoms with Crippen LogP contribution in [-0.2, 0) is 13.0 Å². The van der Waals surface area contributed by atoms with E-state index in [0.29, 0.717) is 24.5 Å². The Morgan fingerprint density at radius 2 is 2.10 bits per heavy atom. The highest BCUT2D eigenvalue weighted by Gasteiger charge is 2.30. The minimum Gasteiger partial charge on any atom is -0.493 e. The number of carbonyl (C=O) groups excluding carboxylic acids is 1. The molecule has 3 aromatic rings. The molecule has 0 aliphatic heterocycles. The third-order valence-electron chi connectivity index (χ3n) is 5.33. The first-order valence-corrected chi connectivity index (χ1v) is 10.9. The fourth-order valence-corrected chi connectivity index (χ4v) is 4.49. The molecule has 4 rings (SSSR count). The van der Waals surface area contributed by atoms with Crippen LogP contribution < -0.4 is 4.74 Å². The van der Waals surface area contributed by atoms with Gasteiger partial charge in [0, 0.05) is 23.9 Å². The average Bonchev–Trinajstić information content (AvgIpc) is 3.49.